The minimum Gasteiger partial charge on any atom is -0.476 e. The van der Waals surface area contributed by atoms with Gasteiger partial charge in [0.25, 0.3) is 0 Å². The first-order valence-corrected chi connectivity index (χ1v) is 10.5. The van der Waals surface area contributed by atoms with E-state index in [9.17, 15) is 9.59 Å². The first-order chi connectivity index (χ1) is 14.8. The maximum Gasteiger partial charge on any atom is 0.410 e. The van der Waals surface area contributed by atoms with Gasteiger partial charge >= 0.3 is 11.7 Å². The van der Waals surface area contributed by atoms with Crippen molar-refractivity contribution in [1.29, 1.82) is 0 Å². The van der Waals surface area contributed by atoms with Gasteiger partial charge in [0.2, 0.25) is 11.6 Å². The third kappa shape index (κ3) is 4.71. The largest absolute Gasteiger partial charge is 0.476 e. The Kier molecular flexibility index (Phi) is 5.68. The number of aromatic nitrogens is 5. The second-order valence-electron chi connectivity index (χ2n) is 7.53. The van der Waals surface area contributed by atoms with Crippen molar-refractivity contribution in [2.45, 2.75) is 32.6 Å². The van der Waals surface area contributed by atoms with Crippen molar-refractivity contribution in [2.75, 3.05) is 6.61 Å². The van der Waals surface area contributed by atoms with Crippen LogP contribution in [0.25, 0.3) is 0 Å². The minimum atomic E-state index is -1.09. The van der Waals surface area contributed by atoms with Gasteiger partial charge in [-0.2, -0.15) is 0 Å². The Morgan fingerprint density at radius 1 is 1.32 bits per heavy atom. The third-order valence-corrected chi connectivity index (χ3v) is 5.87. The van der Waals surface area contributed by atoms with E-state index in [1.807, 2.05) is 32.2 Å². The predicted octanol–water partition coefficient (Wildman–Crippen LogP) is 1.87. The number of carbonyl (C=O) groups is 1. The lowest BCUT2D eigenvalue weighted by Crippen LogP contribution is -2.28. The van der Waals surface area contributed by atoms with Gasteiger partial charge in [-0.3, -0.25) is 9.78 Å². The van der Waals surface area contributed by atoms with Crippen molar-refractivity contribution in [3.05, 3.63) is 55.5 Å². The van der Waals surface area contributed by atoms with Crippen LogP contribution in [0, 0.1) is 19.8 Å². The Morgan fingerprint density at radius 2 is 2.13 bits per heavy atom. The van der Waals surface area contributed by atoms with E-state index in [0.29, 0.717) is 23.1 Å². The van der Waals surface area contributed by atoms with E-state index in [2.05, 4.69) is 20.3 Å². The van der Waals surface area contributed by atoms with Crippen LogP contribution >= 0.6 is 11.3 Å². The molecule has 0 radical (unpaired) electrons. The lowest BCUT2D eigenvalue weighted by molar-refractivity contribution is 0.208. The third-order valence-electron chi connectivity index (χ3n) is 5.03. The number of hydrogen-bond donors (Lipinski definition) is 1. The van der Waals surface area contributed by atoms with Gasteiger partial charge in [-0.1, -0.05) is 6.07 Å². The Balaban J connectivity index is 1.58. The first-order valence-electron chi connectivity index (χ1n) is 9.73. The van der Waals surface area contributed by atoms with Crippen LogP contribution in [0.2, 0.25) is 0 Å². The Bertz CT molecular complexity index is 1170. The average Bonchev–Trinajstić information content (AvgIpc) is 3.38. The summed E-state index contributed by atoms with van der Waals surface area (Å²) in [5.41, 5.74) is 7.07. The van der Waals surface area contributed by atoms with Gasteiger partial charge in [0, 0.05) is 37.2 Å². The average molecular weight is 443 g/mol. The van der Waals surface area contributed by atoms with Crippen molar-refractivity contribution in [2.24, 2.45) is 18.7 Å². The Labute approximate surface area is 182 Å². The minimum absolute atomic E-state index is 0.181. The fourth-order valence-electron chi connectivity index (χ4n) is 3.33. The number of aryl methyl sites for hydroxylation is 3. The second-order valence-corrected chi connectivity index (χ2v) is 8.79. The Hall–Kier alpha value is -3.34. The van der Waals surface area contributed by atoms with Gasteiger partial charge in [-0.25, -0.2) is 9.48 Å². The fourth-order valence-corrected chi connectivity index (χ4v) is 4.05. The molecule has 1 saturated carbocycles. The summed E-state index contributed by atoms with van der Waals surface area (Å²) in [5.74, 6) is 0.601. The molecule has 10 nitrogen and oxygen atoms in total. The molecule has 0 unspecified atom stereocenters. The molecule has 0 aliphatic heterocycles. The molecule has 3 aromatic rings. The zero-order valence-electron chi connectivity index (χ0n) is 17.4. The highest BCUT2D eigenvalue weighted by Gasteiger charge is 2.40. The van der Waals surface area contributed by atoms with E-state index in [1.165, 1.54) is 18.4 Å². The Morgan fingerprint density at radius 3 is 2.77 bits per heavy atom. The van der Waals surface area contributed by atoms with Gasteiger partial charge in [0.05, 0.1) is 12.2 Å². The van der Waals surface area contributed by atoms with E-state index < -0.39 is 11.7 Å². The summed E-state index contributed by atoms with van der Waals surface area (Å²) >= 11 is 1.37. The molecule has 2 N–H and O–H groups in total. The van der Waals surface area contributed by atoms with Crippen LogP contribution in [0.5, 0.6) is 11.6 Å². The van der Waals surface area contributed by atoms with E-state index in [-0.39, 0.29) is 24.0 Å². The number of amides is 1. The molecule has 4 rings (SSSR count). The van der Waals surface area contributed by atoms with Crippen molar-refractivity contribution in [1.82, 2.24) is 25.0 Å². The van der Waals surface area contributed by atoms with Crippen LogP contribution in [-0.4, -0.2) is 37.7 Å². The smallest absolute Gasteiger partial charge is 0.410 e. The molecule has 31 heavy (non-hydrogen) atoms. The molecular weight excluding hydrogens is 420 g/mol. The summed E-state index contributed by atoms with van der Waals surface area (Å²) in [7, 11) is 1.46. The van der Waals surface area contributed by atoms with Crippen LogP contribution in [0.3, 0.4) is 0 Å². The van der Waals surface area contributed by atoms with Crippen LogP contribution < -0.4 is 20.8 Å². The van der Waals surface area contributed by atoms with Crippen molar-refractivity contribution < 1.29 is 14.3 Å². The maximum absolute atomic E-state index is 12.6. The highest BCUT2D eigenvalue weighted by Crippen LogP contribution is 2.46. The predicted molar refractivity (Wildman–Crippen MR) is 112 cm³/mol. The number of hydrogen-bond acceptors (Lipinski definition) is 9. The first kappa shape index (κ1) is 20.9. The van der Waals surface area contributed by atoms with E-state index in [0.717, 1.165) is 27.4 Å². The van der Waals surface area contributed by atoms with Crippen LogP contribution in [0.4, 0.5) is 4.79 Å². The van der Waals surface area contributed by atoms with Crippen molar-refractivity contribution in [3.8, 4) is 11.6 Å². The molecule has 1 aliphatic carbocycles. The summed E-state index contributed by atoms with van der Waals surface area (Å²) in [6.45, 7) is 4.22. The number of nitrogens with zero attached hydrogens (tertiary/aromatic N) is 5. The normalized spacial score (nSPS) is 17.4. The lowest BCUT2D eigenvalue weighted by atomic mass is 10.2. The second kappa shape index (κ2) is 8.42. The molecular formula is C20H22N6O4S. The topological polar surface area (TPSA) is 135 Å². The number of primary amides is 1. The summed E-state index contributed by atoms with van der Waals surface area (Å²) in [5, 5.41) is 13.7. The van der Waals surface area contributed by atoms with Gasteiger partial charge in [0.1, 0.15) is 10.0 Å². The number of carbonyl (C=O) groups excluding carboxylic acids is 1. The molecule has 162 valence electrons. The highest BCUT2D eigenvalue weighted by atomic mass is 32.1. The number of ether oxygens (including phenoxy) is 2. The maximum atomic E-state index is 12.6. The summed E-state index contributed by atoms with van der Waals surface area (Å²) in [4.78, 5) is 28.5. The summed E-state index contributed by atoms with van der Waals surface area (Å²) in [6.07, 6.45) is 1.91. The van der Waals surface area contributed by atoms with Gasteiger partial charge in [-0.15, -0.1) is 26.6 Å². The molecule has 0 bridgehead atoms. The molecule has 11 heteroatoms. The van der Waals surface area contributed by atoms with Crippen molar-refractivity contribution >= 4 is 17.4 Å². The van der Waals surface area contributed by atoms with Crippen LogP contribution in [0.1, 0.15) is 39.2 Å². The molecule has 0 aromatic carbocycles. The fraction of sp³-hybridized carbons (Fsp3) is 0.400. The molecule has 1 fully saturated rings. The zero-order valence-corrected chi connectivity index (χ0v) is 18.2. The molecule has 1 amide bonds. The van der Waals surface area contributed by atoms with Gasteiger partial charge < -0.3 is 15.2 Å². The summed E-state index contributed by atoms with van der Waals surface area (Å²) in [6, 6.07) is 4.08. The molecule has 1 aliphatic rings. The number of pyridine rings is 1. The van der Waals surface area contributed by atoms with Gasteiger partial charge in [0.15, 0.2) is 0 Å². The molecule has 3 heterocycles. The summed E-state index contributed by atoms with van der Waals surface area (Å²) < 4.78 is 12.1. The van der Waals surface area contributed by atoms with E-state index in [4.69, 9.17) is 15.2 Å². The van der Waals surface area contributed by atoms with Crippen molar-refractivity contribution in [3.63, 3.8) is 0 Å². The number of rotatable bonds is 7. The van der Waals surface area contributed by atoms with Crippen LogP contribution in [0.15, 0.2) is 23.1 Å². The van der Waals surface area contributed by atoms with E-state index >= 15 is 0 Å². The molecule has 3 aromatic heterocycles. The number of nitrogens with two attached hydrogens (primary N) is 1. The molecule has 0 spiro atoms. The SMILES string of the molecule is Cc1ccc([C@H]2C[C@@H]2COc2nn(C)c(=O)c(OC(N)=O)c2Cc2nnc(C)s2)nc1. The lowest BCUT2D eigenvalue weighted by Gasteiger charge is -2.14. The molecule has 2 atom stereocenters. The zero-order chi connectivity index (χ0) is 22.1. The van der Waals surface area contributed by atoms with Gasteiger partial charge in [-0.05, 0) is 31.9 Å². The van der Waals surface area contributed by atoms with Crippen LogP contribution in [-0.2, 0) is 13.5 Å². The standard InChI is InChI=1S/C20H22N6O4S/c1-10-4-5-15(22-8-10)13-6-12(13)9-29-18-14(7-16-24-23-11(2)31-16)17(30-20(21)28)19(27)26(3)25-18/h4-5,8,12-13H,6-7,9H2,1-3H3,(H2,21,28)/t12-,13+/m1/s1. The quantitative estimate of drug-likeness (QED) is 0.586. The monoisotopic (exact) mass is 442 g/mol. The highest BCUT2D eigenvalue weighted by molar-refractivity contribution is 7.11. The molecule has 0 saturated heterocycles. The van der Waals surface area contributed by atoms with E-state index in [1.54, 1.807) is 0 Å².